The van der Waals surface area contributed by atoms with E-state index in [1.165, 1.54) is 0 Å². The van der Waals surface area contributed by atoms with E-state index in [0.29, 0.717) is 23.7 Å². The van der Waals surface area contributed by atoms with Crippen LogP contribution in [0.2, 0.25) is 0 Å². The first kappa shape index (κ1) is 15.2. The first-order chi connectivity index (χ1) is 8.88. The van der Waals surface area contributed by atoms with Gasteiger partial charge in [-0.15, -0.1) is 0 Å². The van der Waals surface area contributed by atoms with E-state index in [1.807, 2.05) is 13.8 Å². The Kier molecular flexibility index (Phi) is 5.51. The molecular formula is C14H21N3O2. The molecule has 0 bridgehead atoms. The SMILES string of the molecule is CC(C)CC(=O)Nc1ccc(NC(=O)[C@@H](C)N)cc1. The zero-order valence-corrected chi connectivity index (χ0v) is 11.6. The molecule has 1 atom stereocenters. The highest BCUT2D eigenvalue weighted by Gasteiger charge is 2.08. The number of carbonyl (C=O) groups excluding carboxylic acids is 2. The zero-order chi connectivity index (χ0) is 14.4. The van der Waals surface area contributed by atoms with E-state index < -0.39 is 6.04 Å². The van der Waals surface area contributed by atoms with Gasteiger partial charge in [0.1, 0.15) is 0 Å². The summed E-state index contributed by atoms with van der Waals surface area (Å²) in [6.07, 6.45) is 0.489. The van der Waals surface area contributed by atoms with Crippen molar-refractivity contribution in [2.75, 3.05) is 10.6 Å². The highest BCUT2D eigenvalue weighted by Crippen LogP contribution is 2.14. The number of carbonyl (C=O) groups is 2. The van der Waals surface area contributed by atoms with E-state index in [2.05, 4.69) is 10.6 Å². The Hall–Kier alpha value is -1.88. The van der Waals surface area contributed by atoms with Crippen molar-refractivity contribution < 1.29 is 9.59 Å². The summed E-state index contributed by atoms with van der Waals surface area (Å²) in [6.45, 7) is 5.61. The van der Waals surface area contributed by atoms with Gasteiger partial charge >= 0.3 is 0 Å². The van der Waals surface area contributed by atoms with Gasteiger partial charge in [0, 0.05) is 17.8 Å². The highest BCUT2D eigenvalue weighted by atomic mass is 16.2. The molecule has 0 spiro atoms. The van der Waals surface area contributed by atoms with Crippen molar-refractivity contribution in [1.82, 2.24) is 0 Å². The Balaban J connectivity index is 2.57. The van der Waals surface area contributed by atoms with Crippen LogP contribution in [0.25, 0.3) is 0 Å². The molecule has 19 heavy (non-hydrogen) atoms. The van der Waals surface area contributed by atoms with Crippen LogP contribution in [0.5, 0.6) is 0 Å². The van der Waals surface area contributed by atoms with Crippen molar-refractivity contribution in [2.45, 2.75) is 33.2 Å². The molecular weight excluding hydrogens is 242 g/mol. The van der Waals surface area contributed by atoms with E-state index >= 15 is 0 Å². The van der Waals surface area contributed by atoms with Crippen LogP contribution < -0.4 is 16.4 Å². The lowest BCUT2D eigenvalue weighted by atomic mass is 10.1. The largest absolute Gasteiger partial charge is 0.326 e. The number of anilines is 2. The van der Waals surface area contributed by atoms with E-state index in [9.17, 15) is 9.59 Å². The van der Waals surface area contributed by atoms with Gasteiger partial charge in [-0.1, -0.05) is 13.8 Å². The first-order valence-corrected chi connectivity index (χ1v) is 6.35. The molecule has 104 valence electrons. The summed E-state index contributed by atoms with van der Waals surface area (Å²) in [7, 11) is 0. The molecule has 1 aromatic carbocycles. The third-order valence-corrected chi connectivity index (χ3v) is 2.44. The predicted molar refractivity (Wildman–Crippen MR) is 76.8 cm³/mol. The molecule has 0 fully saturated rings. The Morgan fingerprint density at radius 3 is 1.95 bits per heavy atom. The number of nitrogens with two attached hydrogens (primary N) is 1. The van der Waals surface area contributed by atoms with Crippen LogP contribution in [0.3, 0.4) is 0 Å². The topological polar surface area (TPSA) is 84.2 Å². The highest BCUT2D eigenvalue weighted by molar-refractivity contribution is 5.95. The lowest BCUT2D eigenvalue weighted by Gasteiger charge is -2.10. The van der Waals surface area contributed by atoms with Crippen LogP contribution in [-0.4, -0.2) is 17.9 Å². The molecule has 0 heterocycles. The summed E-state index contributed by atoms with van der Waals surface area (Å²) in [6, 6.07) is 6.39. The molecule has 4 N–H and O–H groups in total. The fourth-order valence-corrected chi connectivity index (χ4v) is 1.48. The fourth-order valence-electron chi connectivity index (χ4n) is 1.48. The van der Waals surface area contributed by atoms with Crippen LogP contribution in [-0.2, 0) is 9.59 Å². The van der Waals surface area contributed by atoms with Crippen molar-refractivity contribution in [1.29, 1.82) is 0 Å². The molecule has 0 aliphatic heterocycles. The second-order valence-electron chi connectivity index (χ2n) is 5.00. The van der Waals surface area contributed by atoms with E-state index in [1.54, 1.807) is 31.2 Å². The van der Waals surface area contributed by atoms with Crippen LogP contribution in [0.1, 0.15) is 27.2 Å². The lowest BCUT2D eigenvalue weighted by Crippen LogP contribution is -2.32. The van der Waals surface area contributed by atoms with Gasteiger partial charge in [0.2, 0.25) is 11.8 Å². The molecule has 0 unspecified atom stereocenters. The number of benzene rings is 1. The van der Waals surface area contributed by atoms with Crippen LogP contribution in [0, 0.1) is 5.92 Å². The average Bonchev–Trinajstić information content (AvgIpc) is 2.30. The van der Waals surface area contributed by atoms with E-state index in [0.717, 1.165) is 0 Å². The summed E-state index contributed by atoms with van der Waals surface area (Å²) in [5.41, 5.74) is 6.83. The zero-order valence-electron chi connectivity index (χ0n) is 11.6. The monoisotopic (exact) mass is 263 g/mol. The molecule has 0 aliphatic rings. The van der Waals surface area contributed by atoms with Gasteiger partial charge in [-0.2, -0.15) is 0 Å². The maximum absolute atomic E-state index is 11.6. The van der Waals surface area contributed by atoms with Gasteiger partial charge in [0.05, 0.1) is 6.04 Å². The van der Waals surface area contributed by atoms with Crippen molar-refractivity contribution in [2.24, 2.45) is 11.7 Å². The number of amides is 2. The van der Waals surface area contributed by atoms with Gasteiger partial charge in [-0.25, -0.2) is 0 Å². The third kappa shape index (κ3) is 5.52. The number of rotatable bonds is 5. The van der Waals surface area contributed by atoms with Crippen molar-refractivity contribution >= 4 is 23.2 Å². The second-order valence-corrected chi connectivity index (χ2v) is 5.00. The Morgan fingerprint density at radius 2 is 1.53 bits per heavy atom. The van der Waals surface area contributed by atoms with Gasteiger partial charge in [0.15, 0.2) is 0 Å². The van der Waals surface area contributed by atoms with Crippen LogP contribution in [0.4, 0.5) is 11.4 Å². The minimum absolute atomic E-state index is 0.0117. The van der Waals surface area contributed by atoms with E-state index in [4.69, 9.17) is 5.73 Å². The fraction of sp³-hybridized carbons (Fsp3) is 0.429. The quantitative estimate of drug-likeness (QED) is 0.759. The third-order valence-electron chi connectivity index (χ3n) is 2.44. The van der Waals surface area contributed by atoms with Crippen molar-refractivity contribution in [3.05, 3.63) is 24.3 Å². The summed E-state index contributed by atoms with van der Waals surface area (Å²) in [4.78, 5) is 23.0. The van der Waals surface area contributed by atoms with Gasteiger partial charge < -0.3 is 16.4 Å². The maximum Gasteiger partial charge on any atom is 0.240 e. The molecule has 5 heteroatoms. The average molecular weight is 263 g/mol. The Labute approximate surface area is 113 Å². The Morgan fingerprint density at radius 1 is 1.05 bits per heavy atom. The standard InChI is InChI=1S/C14H21N3O2/c1-9(2)8-13(18)16-11-4-6-12(7-5-11)17-14(19)10(3)15/h4-7,9-10H,8,15H2,1-3H3,(H,16,18)(H,17,19)/t10-/m1/s1. The van der Waals surface area contributed by atoms with Crippen LogP contribution >= 0.6 is 0 Å². The molecule has 2 amide bonds. The predicted octanol–water partition coefficient (Wildman–Crippen LogP) is 1.96. The van der Waals surface area contributed by atoms with Gasteiger partial charge in [-0.05, 0) is 37.1 Å². The smallest absolute Gasteiger partial charge is 0.240 e. The normalized spacial score (nSPS) is 12.1. The molecule has 0 aliphatic carbocycles. The lowest BCUT2D eigenvalue weighted by molar-refractivity contribution is -0.117. The Bertz CT molecular complexity index is 439. The molecule has 0 aromatic heterocycles. The number of hydrogen-bond acceptors (Lipinski definition) is 3. The molecule has 1 aromatic rings. The molecule has 0 saturated carbocycles. The van der Waals surface area contributed by atoms with Crippen molar-refractivity contribution in [3.63, 3.8) is 0 Å². The van der Waals surface area contributed by atoms with Crippen LogP contribution in [0.15, 0.2) is 24.3 Å². The minimum Gasteiger partial charge on any atom is -0.326 e. The summed E-state index contributed by atoms with van der Waals surface area (Å²) < 4.78 is 0. The number of hydrogen-bond donors (Lipinski definition) is 3. The van der Waals surface area contributed by atoms with Gasteiger partial charge in [-0.3, -0.25) is 9.59 Å². The molecule has 5 nitrogen and oxygen atoms in total. The molecule has 0 radical (unpaired) electrons. The second kappa shape index (κ2) is 6.89. The summed E-state index contributed by atoms with van der Waals surface area (Å²) >= 11 is 0. The molecule has 0 saturated heterocycles. The number of nitrogens with one attached hydrogen (secondary N) is 2. The van der Waals surface area contributed by atoms with E-state index in [-0.39, 0.29) is 11.8 Å². The van der Waals surface area contributed by atoms with Crippen molar-refractivity contribution in [3.8, 4) is 0 Å². The minimum atomic E-state index is -0.551. The summed E-state index contributed by atoms with van der Waals surface area (Å²) in [5, 5.41) is 5.48. The summed E-state index contributed by atoms with van der Waals surface area (Å²) in [5.74, 6) is 0.0727. The first-order valence-electron chi connectivity index (χ1n) is 6.35. The van der Waals surface area contributed by atoms with Gasteiger partial charge in [0.25, 0.3) is 0 Å². The maximum atomic E-state index is 11.6. The molecule has 1 rings (SSSR count).